The van der Waals surface area contributed by atoms with Crippen LogP contribution in [0.15, 0.2) is 12.2 Å². The van der Waals surface area contributed by atoms with Gasteiger partial charge in [0.05, 0.1) is 4.20 Å². The number of allylic oxidation sites excluding steroid dienone is 1. The van der Waals surface area contributed by atoms with Gasteiger partial charge in [0.15, 0.2) is 0 Å². The molecule has 0 bridgehead atoms. The van der Waals surface area contributed by atoms with E-state index in [0.29, 0.717) is 11.8 Å². The summed E-state index contributed by atoms with van der Waals surface area (Å²) < 4.78 is 1.08. The molecule has 0 nitrogen and oxygen atoms in total. The third-order valence-electron chi connectivity index (χ3n) is 2.10. The summed E-state index contributed by atoms with van der Waals surface area (Å²) in [6.07, 6.45) is 2.03. The highest BCUT2D eigenvalue weighted by molar-refractivity contribution is 8.22. The maximum atomic E-state index is 5.20. The Morgan fingerprint density at radius 1 is 1.36 bits per heavy atom. The molecule has 0 aliphatic carbocycles. The molecule has 0 aliphatic heterocycles. The topological polar surface area (TPSA) is 0 Å². The maximum Gasteiger partial charge on any atom is 0.0509 e. The largest absolute Gasteiger partial charge is 0.122 e. The standard InChI is InChI=1S/C9H16S2/c1-6(2)7(3)8(4)9(10)11-5/h7-8H,1H2,2-5H3/t7-,8-/m0/s1. The molecular weight excluding hydrogens is 172 g/mol. The Morgan fingerprint density at radius 2 is 1.82 bits per heavy atom. The minimum absolute atomic E-state index is 0.470. The summed E-state index contributed by atoms with van der Waals surface area (Å²) in [6.45, 7) is 10.3. The van der Waals surface area contributed by atoms with E-state index in [1.807, 2.05) is 6.26 Å². The van der Waals surface area contributed by atoms with E-state index >= 15 is 0 Å². The van der Waals surface area contributed by atoms with Gasteiger partial charge in [-0.25, -0.2) is 0 Å². The second-order valence-electron chi connectivity index (χ2n) is 2.95. The molecule has 0 spiro atoms. The summed E-state index contributed by atoms with van der Waals surface area (Å²) >= 11 is 6.86. The van der Waals surface area contributed by atoms with Crippen LogP contribution in [0.5, 0.6) is 0 Å². The van der Waals surface area contributed by atoms with Crippen LogP contribution < -0.4 is 0 Å². The second-order valence-corrected chi connectivity index (χ2v) is 4.49. The van der Waals surface area contributed by atoms with Crippen molar-refractivity contribution in [1.82, 2.24) is 0 Å². The van der Waals surface area contributed by atoms with E-state index in [1.54, 1.807) is 11.8 Å². The molecule has 0 N–H and O–H groups in total. The molecule has 0 radical (unpaired) electrons. The first-order valence-electron chi connectivity index (χ1n) is 3.74. The fourth-order valence-electron chi connectivity index (χ4n) is 0.817. The van der Waals surface area contributed by atoms with Crippen molar-refractivity contribution in [1.29, 1.82) is 0 Å². The lowest BCUT2D eigenvalue weighted by molar-refractivity contribution is 0.571. The van der Waals surface area contributed by atoms with Gasteiger partial charge in [0.1, 0.15) is 0 Å². The predicted molar refractivity (Wildman–Crippen MR) is 59.3 cm³/mol. The summed E-state index contributed by atoms with van der Waals surface area (Å²) in [7, 11) is 0. The Morgan fingerprint density at radius 3 is 2.09 bits per heavy atom. The smallest absolute Gasteiger partial charge is 0.0509 e. The van der Waals surface area contributed by atoms with Crippen molar-refractivity contribution in [3.63, 3.8) is 0 Å². The fourth-order valence-corrected chi connectivity index (χ4v) is 1.60. The Kier molecular flexibility index (Phi) is 5.02. The molecule has 0 fully saturated rings. The molecule has 0 amide bonds. The van der Waals surface area contributed by atoms with Crippen LogP contribution in [0.1, 0.15) is 20.8 Å². The number of hydrogen-bond donors (Lipinski definition) is 0. The zero-order valence-electron chi connectivity index (χ0n) is 7.68. The summed E-state index contributed by atoms with van der Waals surface area (Å²) in [4.78, 5) is 0. The molecule has 2 atom stereocenters. The van der Waals surface area contributed by atoms with Crippen molar-refractivity contribution in [3.05, 3.63) is 12.2 Å². The Balaban J connectivity index is 4.12. The van der Waals surface area contributed by atoms with E-state index in [2.05, 4.69) is 27.4 Å². The SMILES string of the molecule is C=C(C)[C@H](C)[C@H](C)C(=S)SC. The lowest BCUT2D eigenvalue weighted by atomic mass is 9.92. The zero-order valence-corrected chi connectivity index (χ0v) is 9.31. The van der Waals surface area contributed by atoms with Crippen LogP contribution in [-0.2, 0) is 0 Å². The highest BCUT2D eigenvalue weighted by Crippen LogP contribution is 2.23. The molecule has 2 heteroatoms. The lowest BCUT2D eigenvalue weighted by Crippen LogP contribution is -2.14. The van der Waals surface area contributed by atoms with Crippen LogP contribution in [0.2, 0.25) is 0 Å². The van der Waals surface area contributed by atoms with Crippen LogP contribution in [0.25, 0.3) is 0 Å². The van der Waals surface area contributed by atoms with Gasteiger partial charge in [-0.1, -0.05) is 38.2 Å². The van der Waals surface area contributed by atoms with E-state index < -0.39 is 0 Å². The van der Waals surface area contributed by atoms with Crippen LogP contribution in [0.4, 0.5) is 0 Å². The minimum Gasteiger partial charge on any atom is -0.122 e. The van der Waals surface area contributed by atoms with Gasteiger partial charge in [-0.2, -0.15) is 0 Å². The lowest BCUT2D eigenvalue weighted by Gasteiger charge is -2.19. The Bertz CT molecular complexity index is 161. The molecule has 0 rings (SSSR count). The predicted octanol–water partition coefficient (Wildman–Crippen LogP) is 3.53. The van der Waals surface area contributed by atoms with Crippen LogP contribution in [0.3, 0.4) is 0 Å². The molecule has 11 heavy (non-hydrogen) atoms. The average molecular weight is 188 g/mol. The van der Waals surface area contributed by atoms with Crippen LogP contribution >= 0.6 is 24.0 Å². The highest BCUT2D eigenvalue weighted by atomic mass is 32.2. The van der Waals surface area contributed by atoms with Gasteiger partial charge in [-0.15, -0.1) is 11.8 Å². The van der Waals surface area contributed by atoms with Crippen molar-refractivity contribution in [2.24, 2.45) is 11.8 Å². The van der Waals surface area contributed by atoms with Crippen LogP contribution in [-0.4, -0.2) is 10.5 Å². The van der Waals surface area contributed by atoms with Crippen LogP contribution in [0, 0.1) is 11.8 Å². The number of rotatable bonds is 3. The summed E-state index contributed by atoms with van der Waals surface area (Å²) in [5.74, 6) is 0.979. The van der Waals surface area contributed by atoms with E-state index in [0.717, 1.165) is 4.20 Å². The van der Waals surface area contributed by atoms with E-state index in [-0.39, 0.29) is 0 Å². The van der Waals surface area contributed by atoms with E-state index in [9.17, 15) is 0 Å². The number of thiocarbonyl (C=S) groups is 1. The first-order valence-corrected chi connectivity index (χ1v) is 5.37. The quantitative estimate of drug-likeness (QED) is 0.491. The average Bonchev–Trinajstić information content (AvgIpc) is 2.00. The molecule has 0 heterocycles. The maximum absolute atomic E-state index is 5.20. The molecule has 0 aromatic rings. The van der Waals surface area contributed by atoms with Crippen molar-refractivity contribution < 1.29 is 0 Å². The van der Waals surface area contributed by atoms with Gasteiger partial charge >= 0.3 is 0 Å². The third-order valence-corrected chi connectivity index (χ3v) is 3.75. The Hall–Kier alpha value is 0.180. The van der Waals surface area contributed by atoms with E-state index in [1.165, 1.54) is 5.57 Å². The molecule has 0 aromatic heterocycles. The van der Waals surface area contributed by atoms with Gasteiger partial charge in [-0.3, -0.25) is 0 Å². The van der Waals surface area contributed by atoms with Gasteiger partial charge < -0.3 is 0 Å². The van der Waals surface area contributed by atoms with Crippen molar-refractivity contribution in [2.45, 2.75) is 20.8 Å². The van der Waals surface area contributed by atoms with E-state index in [4.69, 9.17) is 12.2 Å². The summed E-state index contributed by atoms with van der Waals surface area (Å²) in [5, 5.41) is 0. The molecular formula is C9H16S2. The summed E-state index contributed by atoms with van der Waals surface area (Å²) in [5.41, 5.74) is 1.22. The molecule has 0 saturated carbocycles. The highest BCUT2D eigenvalue weighted by Gasteiger charge is 2.16. The van der Waals surface area contributed by atoms with Gasteiger partial charge in [0.25, 0.3) is 0 Å². The monoisotopic (exact) mass is 188 g/mol. The molecule has 0 unspecified atom stereocenters. The third kappa shape index (κ3) is 3.39. The zero-order chi connectivity index (χ0) is 9.02. The van der Waals surface area contributed by atoms with Crippen molar-refractivity contribution in [3.8, 4) is 0 Å². The fraction of sp³-hybridized carbons (Fsp3) is 0.667. The summed E-state index contributed by atoms with van der Waals surface area (Å²) in [6, 6.07) is 0. The first kappa shape index (κ1) is 11.2. The van der Waals surface area contributed by atoms with Crippen molar-refractivity contribution in [2.75, 3.05) is 6.26 Å². The number of hydrogen-bond acceptors (Lipinski definition) is 2. The van der Waals surface area contributed by atoms with Gasteiger partial charge in [0.2, 0.25) is 0 Å². The number of thioether (sulfide) groups is 1. The van der Waals surface area contributed by atoms with Gasteiger partial charge in [-0.05, 0) is 19.1 Å². The molecule has 0 saturated heterocycles. The van der Waals surface area contributed by atoms with Gasteiger partial charge in [0, 0.05) is 5.92 Å². The van der Waals surface area contributed by atoms with Crippen molar-refractivity contribution >= 4 is 28.2 Å². The molecule has 0 aliphatic rings. The minimum atomic E-state index is 0.470. The Labute approximate surface area is 79.5 Å². The normalized spacial score (nSPS) is 15.6. The molecule has 64 valence electrons. The second kappa shape index (κ2) is 4.94. The first-order chi connectivity index (χ1) is 5.00. The molecule has 0 aromatic carbocycles.